The molecule has 0 aromatic heterocycles. The average Bonchev–Trinajstić information content (AvgIpc) is 2.67. The quantitative estimate of drug-likeness (QED) is 0.494. The van der Waals surface area contributed by atoms with Crippen molar-refractivity contribution >= 4 is 11.8 Å². The molecule has 2 atom stereocenters. The zero-order valence-electron chi connectivity index (χ0n) is 11.0. The maximum Gasteiger partial charge on any atom is 0.237 e. The number of fused-ring (bicyclic) bond motifs is 1. The first-order chi connectivity index (χ1) is 9.16. The summed E-state index contributed by atoms with van der Waals surface area (Å²) in [6.07, 6.45) is 6.76. The number of nitrogens with zero attached hydrogens (tertiary/aromatic N) is 1. The highest BCUT2D eigenvalue weighted by atomic mass is 16.3. The minimum absolute atomic E-state index is 0.0120. The summed E-state index contributed by atoms with van der Waals surface area (Å²) < 4.78 is 0. The molecular weight excluding hydrogens is 244 g/mol. The Morgan fingerprint density at radius 3 is 2.16 bits per heavy atom. The fourth-order valence-electron chi connectivity index (χ4n) is 3.42. The number of hydrogen-bond acceptors (Lipinski definition) is 3. The number of carbonyl (C=O) groups excluding carboxylic acids is 2. The van der Waals surface area contributed by atoms with Crippen LogP contribution in [-0.4, -0.2) is 47.7 Å². The summed E-state index contributed by atoms with van der Waals surface area (Å²) in [7, 11) is 0. The molecular formula is C14H21N2O3+. The molecule has 2 amide bonds. The van der Waals surface area contributed by atoms with E-state index in [2.05, 4.69) is 0 Å². The Hall–Kier alpha value is -1.20. The van der Waals surface area contributed by atoms with Crippen LogP contribution < -0.4 is 4.90 Å². The first-order valence-corrected chi connectivity index (χ1v) is 7.18. The van der Waals surface area contributed by atoms with Gasteiger partial charge in [-0.05, 0) is 12.8 Å². The van der Waals surface area contributed by atoms with Crippen molar-refractivity contribution in [3.05, 3.63) is 12.2 Å². The summed E-state index contributed by atoms with van der Waals surface area (Å²) in [5.74, 6) is -0.212. The lowest BCUT2D eigenvalue weighted by Gasteiger charge is -2.29. The molecule has 0 spiro atoms. The van der Waals surface area contributed by atoms with Gasteiger partial charge in [0.2, 0.25) is 11.8 Å². The number of likely N-dealkylation sites (tertiary alicyclic amines) is 2. The molecule has 1 aliphatic carbocycles. The molecule has 3 aliphatic rings. The van der Waals surface area contributed by atoms with Gasteiger partial charge in [0.1, 0.15) is 0 Å². The van der Waals surface area contributed by atoms with Crippen LogP contribution in [0.5, 0.6) is 0 Å². The Kier molecular flexibility index (Phi) is 3.41. The smallest absolute Gasteiger partial charge is 0.237 e. The van der Waals surface area contributed by atoms with E-state index in [4.69, 9.17) is 0 Å². The number of carbonyl (C=O) groups is 2. The van der Waals surface area contributed by atoms with Crippen molar-refractivity contribution < 1.29 is 19.6 Å². The summed E-state index contributed by atoms with van der Waals surface area (Å²) in [4.78, 5) is 27.3. The van der Waals surface area contributed by atoms with Crippen molar-refractivity contribution in [3.8, 4) is 0 Å². The molecule has 19 heavy (non-hydrogen) atoms. The van der Waals surface area contributed by atoms with E-state index in [1.54, 1.807) is 0 Å². The highest BCUT2D eigenvalue weighted by molar-refractivity contribution is 6.05. The number of rotatable bonds is 2. The molecule has 3 rings (SSSR count). The minimum Gasteiger partial charge on any atom is -0.393 e. The van der Waals surface area contributed by atoms with Gasteiger partial charge >= 0.3 is 0 Å². The van der Waals surface area contributed by atoms with Gasteiger partial charge in [0, 0.05) is 12.8 Å². The fourth-order valence-corrected chi connectivity index (χ4v) is 3.42. The molecule has 0 aromatic rings. The number of hydrogen-bond donors (Lipinski definition) is 2. The molecule has 2 saturated heterocycles. The fraction of sp³-hybridized carbons (Fsp3) is 0.714. The summed E-state index contributed by atoms with van der Waals surface area (Å²) in [6, 6.07) is 0. The van der Waals surface area contributed by atoms with Gasteiger partial charge in [-0.25, -0.2) is 4.90 Å². The number of aliphatic hydroxyl groups is 1. The Morgan fingerprint density at radius 2 is 1.63 bits per heavy atom. The molecule has 104 valence electrons. The van der Waals surface area contributed by atoms with Crippen molar-refractivity contribution in [2.24, 2.45) is 11.8 Å². The zero-order valence-corrected chi connectivity index (χ0v) is 11.0. The molecule has 0 unspecified atom stereocenters. The van der Waals surface area contributed by atoms with Gasteiger partial charge in [-0.15, -0.1) is 0 Å². The number of aliphatic hydroxyl groups excluding tert-OH is 1. The first-order valence-electron chi connectivity index (χ1n) is 7.18. The van der Waals surface area contributed by atoms with Crippen molar-refractivity contribution in [1.29, 1.82) is 0 Å². The zero-order chi connectivity index (χ0) is 13.4. The van der Waals surface area contributed by atoms with Gasteiger partial charge in [0.05, 0.1) is 31.0 Å². The number of allylic oxidation sites excluding steroid dienone is 2. The van der Waals surface area contributed by atoms with Crippen LogP contribution in [0.4, 0.5) is 0 Å². The van der Waals surface area contributed by atoms with E-state index >= 15 is 0 Å². The van der Waals surface area contributed by atoms with Gasteiger partial charge < -0.3 is 10.0 Å². The van der Waals surface area contributed by atoms with Crippen LogP contribution in [0.2, 0.25) is 0 Å². The number of imide groups is 1. The molecule has 2 heterocycles. The number of quaternary nitrogens is 1. The van der Waals surface area contributed by atoms with E-state index in [0.717, 1.165) is 25.9 Å². The van der Waals surface area contributed by atoms with Crippen LogP contribution in [0.3, 0.4) is 0 Å². The van der Waals surface area contributed by atoms with Crippen molar-refractivity contribution in [3.63, 3.8) is 0 Å². The Labute approximate surface area is 112 Å². The lowest BCUT2D eigenvalue weighted by atomic mass is 9.85. The Bertz CT molecular complexity index is 387. The molecule has 5 nitrogen and oxygen atoms in total. The molecule has 5 heteroatoms. The third-order valence-electron chi connectivity index (χ3n) is 4.64. The monoisotopic (exact) mass is 265 g/mol. The molecule has 0 bridgehead atoms. The molecule has 2 N–H and O–H groups in total. The highest BCUT2D eigenvalue weighted by Crippen LogP contribution is 2.34. The number of piperidine rings is 1. The largest absolute Gasteiger partial charge is 0.393 e. The third-order valence-corrected chi connectivity index (χ3v) is 4.64. The van der Waals surface area contributed by atoms with Crippen LogP contribution in [0, 0.1) is 11.8 Å². The molecule has 0 saturated carbocycles. The molecule has 2 aliphatic heterocycles. The Morgan fingerprint density at radius 1 is 1.11 bits per heavy atom. The van der Waals surface area contributed by atoms with E-state index in [1.165, 1.54) is 9.80 Å². The Balaban J connectivity index is 1.65. The van der Waals surface area contributed by atoms with E-state index in [-0.39, 0.29) is 29.8 Å². The van der Waals surface area contributed by atoms with Crippen molar-refractivity contribution in [1.82, 2.24) is 4.90 Å². The average molecular weight is 265 g/mol. The van der Waals surface area contributed by atoms with Crippen molar-refractivity contribution in [2.45, 2.75) is 31.8 Å². The lowest BCUT2D eigenvalue weighted by Crippen LogP contribution is -3.14. The van der Waals surface area contributed by atoms with Gasteiger partial charge in [-0.1, -0.05) is 12.2 Å². The highest BCUT2D eigenvalue weighted by Gasteiger charge is 2.48. The summed E-state index contributed by atoms with van der Waals surface area (Å²) >= 11 is 0. The van der Waals surface area contributed by atoms with Crippen LogP contribution in [0.25, 0.3) is 0 Å². The van der Waals surface area contributed by atoms with Gasteiger partial charge in [0.15, 0.2) is 6.67 Å². The summed E-state index contributed by atoms with van der Waals surface area (Å²) in [5.41, 5.74) is 0. The van der Waals surface area contributed by atoms with E-state index in [1.807, 2.05) is 12.2 Å². The SMILES string of the molecule is O=C1[C@@H]2CC=CC[C@H]2C(=O)N1C[NH+]1CCC(O)CC1. The van der Waals surface area contributed by atoms with Gasteiger partial charge in [-0.2, -0.15) is 0 Å². The predicted octanol–water partition coefficient (Wildman–Crippen LogP) is -1.07. The topological polar surface area (TPSA) is 62.0 Å². The summed E-state index contributed by atoms with van der Waals surface area (Å²) in [5, 5.41) is 9.49. The second kappa shape index (κ2) is 5.06. The second-order valence-electron chi connectivity index (χ2n) is 5.90. The van der Waals surface area contributed by atoms with E-state index < -0.39 is 0 Å². The maximum atomic E-state index is 12.3. The normalized spacial score (nSPS) is 38.7. The predicted molar refractivity (Wildman–Crippen MR) is 68.0 cm³/mol. The van der Waals surface area contributed by atoms with Crippen LogP contribution in [0.1, 0.15) is 25.7 Å². The number of nitrogens with one attached hydrogen (secondary N) is 1. The second-order valence-corrected chi connectivity index (χ2v) is 5.90. The van der Waals surface area contributed by atoms with Gasteiger partial charge in [0.25, 0.3) is 0 Å². The van der Waals surface area contributed by atoms with Crippen LogP contribution in [-0.2, 0) is 9.59 Å². The van der Waals surface area contributed by atoms with Crippen LogP contribution >= 0.6 is 0 Å². The molecule has 0 aromatic carbocycles. The molecule has 2 fully saturated rings. The van der Waals surface area contributed by atoms with E-state index in [9.17, 15) is 14.7 Å². The lowest BCUT2D eigenvalue weighted by molar-refractivity contribution is -0.913. The molecule has 0 radical (unpaired) electrons. The van der Waals surface area contributed by atoms with Gasteiger partial charge in [-0.3, -0.25) is 9.59 Å². The first kappa shape index (κ1) is 12.8. The summed E-state index contributed by atoms with van der Waals surface area (Å²) in [6.45, 7) is 2.16. The van der Waals surface area contributed by atoms with Crippen LogP contribution in [0.15, 0.2) is 12.2 Å². The van der Waals surface area contributed by atoms with E-state index in [0.29, 0.717) is 19.5 Å². The maximum absolute atomic E-state index is 12.3. The van der Waals surface area contributed by atoms with Crippen molar-refractivity contribution in [2.75, 3.05) is 19.8 Å². The number of amides is 2. The standard InChI is InChI=1S/C14H20N2O3/c17-10-5-7-15(8-6-10)9-16-13(18)11-3-1-2-4-12(11)14(16)19/h1-2,10-12,17H,3-9H2/p+1/t11-,12-/m1/s1. The minimum atomic E-state index is -0.208. The third kappa shape index (κ3) is 2.32.